The molecule has 2 nitrogen and oxygen atoms in total. The molecule has 1 N–H and O–H groups in total. The highest BCUT2D eigenvalue weighted by Crippen LogP contribution is 2.17. The zero-order valence-electron chi connectivity index (χ0n) is 6.92. The maximum Gasteiger partial charge on any atom is 0.331 e. The van der Waals surface area contributed by atoms with E-state index in [2.05, 4.69) is 11.8 Å². The van der Waals surface area contributed by atoms with E-state index in [0.717, 1.165) is 12.0 Å². The molecular formula is C10H10O2. The second-order valence-electron chi connectivity index (χ2n) is 2.56. The molecule has 2 heteroatoms. The lowest BCUT2D eigenvalue weighted by Crippen LogP contribution is -2.03. The minimum absolute atomic E-state index is 0.469. The quantitative estimate of drug-likeness (QED) is 0.596. The minimum atomic E-state index is -0.824. The SMILES string of the molecule is CC#CC1=CC=C(C(=O)O)CC1. The van der Waals surface area contributed by atoms with Crippen molar-refractivity contribution in [3.63, 3.8) is 0 Å². The lowest BCUT2D eigenvalue weighted by atomic mass is 9.99. The Hall–Kier alpha value is -1.49. The number of aliphatic carboxylic acids is 1. The predicted octanol–water partition coefficient (Wildman–Crippen LogP) is 1.74. The molecule has 0 amide bonds. The highest BCUT2D eigenvalue weighted by molar-refractivity contribution is 5.87. The monoisotopic (exact) mass is 162 g/mol. The molecule has 1 rings (SSSR count). The molecule has 1 aliphatic rings. The summed E-state index contributed by atoms with van der Waals surface area (Å²) in [6.45, 7) is 1.78. The van der Waals surface area contributed by atoms with Crippen molar-refractivity contribution in [2.24, 2.45) is 0 Å². The molecule has 0 saturated heterocycles. The van der Waals surface area contributed by atoms with E-state index in [1.807, 2.05) is 0 Å². The number of hydrogen-bond donors (Lipinski definition) is 1. The molecule has 0 aromatic carbocycles. The van der Waals surface area contributed by atoms with Gasteiger partial charge in [0.2, 0.25) is 0 Å². The Bertz CT molecular complexity index is 310. The summed E-state index contributed by atoms with van der Waals surface area (Å²) in [5.74, 6) is 4.88. The van der Waals surface area contributed by atoms with E-state index in [4.69, 9.17) is 5.11 Å². The van der Waals surface area contributed by atoms with Gasteiger partial charge in [-0.15, -0.1) is 5.92 Å². The molecule has 1 aliphatic carbocycles. The summed E-state index contributed by atoms with van der Waals surface area (Å²) in [6, 6.07) is 0. The van der Waals surface area contributed by atoms with Gasteiger partial charge in [0.25, 0.3) is 0 Å². The topological polar surface area (TPSA) is 37.3 Å². The Kier molecular flexibility index (Phi) is 2.71. The summed E-state index contributed by atoms with van der Waals surface area (Å²) in [6.07, 6.45) is 4.75. The second-order valence-corrected chi connectivity index (χ2v) is 2.56. The van der Waals surface area contributed by atoms with Gasteiger partial charge in [-0.3, -0.25) is 0 Å². The third kappa shape index (κ3) is 2.00. The number of allylic oxidation sites excluding steroid dienone is 3. The van der Waals surface area contributed by atoms with Crippen molar-refractivity contribution in [2.75, 3.05) is 0 Å². The van der Waals surface area contributed by atoms with Crippen LogP contribution < -0.4 is 0 Å². The maximum absolute atomic E-state index is 10.5. The Balaban J connectivity index is 2.77. The summed E-state index contributed by atoms with van der Waals surface area (Å²) in [4.78, 5) is 10.5. The Morgan fingerprint density at radius 1 is 1.50 bits per heavy atom. The first-order valence-corrected chi connectivity index (χ1v) is 3.80. The van der Waals surface area contributed by atoms with Crippen LogP contribution in [-0.4, -0.2) is 11.1 Å². The fraction of sp³-hybridized carbons (Fsp3) is 0.300. The largest absolute Gasteiger partial charge is 0.478 e. The van der Waals surface area contributed by atoms with Gasteiger partial charge in [-0.2, -0.15) is 0 Å². The highest BCUT2D eigenvalue weighted by Gasteiger charge is 2.10. The van der Waals surface area contributed by atoms with Gasteiger partial charge in [0.15, 0.2) is 0 Å². The van der Waals surface area contributed by atoms with Gasteiger partial charge in [0, 0.05) is 11.1 Å². The normalized spacial score (nSPS) is 15.4. The fourth-order valence-corrected chi connectivity index (χ4v) is 1.08. The smallest absolute Gasteiger partial charge is 0.331 e. The number of carboxylic acid groups (broad SMARTS) is 1. The average Bonchev–Trinajstić information content (AvgIpc) is 2.06. The van der Waals surface area contributed by atoms with Crippen LogP contribution in [0.2, 0.25) is 0 Å². The van der Waals surface area contributed by atoms with Crippen molar-refractivity contribution < 1.29 is 9.90 Å². The number of rotatable bonds is 1. The van der Waals surface area contributed by atoms with Crippen molar-refractivity contribution in [1.82, 2.24) is 0 Å². The van der Waals surface area contributed by atoms with E-state index >= 15 is 0 Å². The first-order chi connectivity index (χ1) is 5.74. The standard InChI is InChI=1S/C10H10O2/c1-2-3-8-4-6-9(7-5-8)10(11)12/h4,6H,5,7H2,1H3,(H,11,12). The zero-order valence-corrected chi connectivity index (χ0v) is 6.92. The summed E-state index contributed by atoms with van der Waals surface area (Å²) in [7, 11) is 0. The van der Waals surface area contributed by atoms with Gasteiger partial charge >= 0.3 is 5.97 Å². The molecule has 0 aromatic rings. The molecule has 0 aliphatic heterocycles. The second kappa shape index (κ2) is 3.77. The van der Waals surface area contributed by atoms with Gasteiger partial charge < -0.3 is 5.11 Å². The van der Waals surface area contributed by atoms with Crippen LogP contribution in [-0.2, 0) is 4.79 Å². The fourth-order valence-electron chi connectivity index (χ4n) is 1.08. The first-order valence-electron chi connectivity index (χ1n) is 3.80. The summed E-state index contributed by atoms with van der Waals surface area (Å²) in [5.41, 5.74) is 1.49. The van der Waals surface area contributed by atoms with Crippen LogP contribution in [0.5, 0.6) is 0 Å². The Labute approximate surface area is 71.6 Å². The number of carboxylic acids is 1. The van der Waals surface area contributed by atoms with E-state index in [9.17, 15) is 4.79 Å². The minimum Gasteiger partial charge on any atom is -0.478 e. The van der Waals surface area contributed by atoms with Crippen molar-refractivity contribution in [2.45, 2.75) is 19.8 Å². The average molecular weight is 162 g/mol. The molecule has 0 spiro atoms. The van der Waals surface area contributed by atoms with Crippen molar-refractivity contribution in [1.29, 1.82) is 0 Å². The van der Waals surface area contributed by atoms with Crippen LogP contribution in [0.3, 0.4) is 0 Å². The van der Waals surface area contributed by atoms with Crippen LogP contribution >= 0.6 is 0 Å². The highest BCUT2D eigenvalue weighted by atomic mass is 16.4. The van der Waals surface area contributed by atoms with Crippen LogP contribution in [0.4, 0.5) is 0 Å². The molecule has 0 fully saturated rings. The molecular weight excluding hydrogens is 152 g/mol. The van der Waals surface area contributed by atoms with Crippen molar-refractivity contribution >= 4 is 5.97 Å². The first kappa shape index (κ1) is 8.61. The van der Waals surface area contributed by atoms with E-state index in [1.54, 1.807) is 19.1 Å². The maximum atomic E-state index is 10.5. The van der Waals surface area contributed by atoms with Gasteiger partial charge in [-0.1, -0.05) is 18.1 Å². The van der Waals surface area contributed by atoms with Crippen LogP contribution in [0.25, 0.3) is 0 Å². The number of hydrogen-bond acceptors (Lipinski definition) is 1. The third-order valence-corrected chi connectivity index (χ3v) is 1.71. The van der Waals surface area contributed by atoms with Crippen LogP contribution in [0, 0.1) is 11.8 Å². The zero-order chi connectivity index (χ0) is 8.97. The lowest BCUT2D eigenvalue weighted by Gasteiger charge is -2.06. The molecule has 12 heavy (non-hydrogen) atoms. The summed E-state index contributed by atoms with van der Waals surface area (Å²) < 4.78 is 0. The summed E-state index contributed by atoms with van der Waals surface area (Å²) >= 11 is 0. The van der Waals surface area contributed by atoms with Crippen LogP contribution in [0.15, 0.2) is 23.3 Å². The molecule has 0 unspecified atom stereocenters. The lowest BCUT2D eigenvalue weighted by molar-refractivity contribution is -0.132. The van der Waals surface area contributed by atoms with E-state index in [1.165, 1.54) is 0 Å². The third-order valence-electron chi connectivity index (χ3n) is 1.71. The van der Waals surface area contributed by atoms with Crippen molar-refractivity contribution in [3.8, 4) is 11.8 Å². The van der Waals surface area contributed by atoms with Gasteiger partial charge in [0.05, 0.1) is 0 Å². The summed E-state index contributed by atoms with van der Waals surface area (Å²) in [5, 5.41) is 8.62. The molecule has 0 atom stereocenters. The molecule has 0 bridgehead atoms. The molecule has 0 saturated carbocycles. The Morgan fingerprint density at radius 3 is 2.67 bits per heavy atom. The van der Waals surface area contributed by atoms with E-state index in [0.29, 0.717) is 12.0 Å². The molecule has 62 valence electrons. The molecule has 0 heterocycles. The van der Waals surface area contributed by atoms with E-state index in [-0.39, 0.29) is 0 Å². The number of carbonyl (C=O) groups is 1. The van der Waals surface area contributed by atoms with Crippen LogP contribution in [0.1, 0.15) is 19.8 Å². The molecule has 0 aromatic heterocycles. The van der Waals surface area contributed by atoms with Gasteiger partial charge in [0.1, 0.15) is 0 Å². The van der Waals surface area contributed by atoms with Gasteiger partial charge in [-0.05, 0) is 19.8 Å². The molecule has 0 radical (unpaired) electrons. The predicted molar refractivity (Wildman–Crippen MR) is 46.5 cm³/mol. The van der Waals surface area contributed by atoms with Crippen molar-refractivity contribution in [3.05, 3.63) is 23.3 Å². The van der Waals surface area contributed by atoms with Gasteiger partial charge in [-0.25, -0.2) is 4.79 Å². The Morgan fingerprint density at radius 2 is 2.25 bits per heavy atom. The van der Waals surface area contributed by atoms with E-state index < -0.39 is 5.97 Å².